The lowest BCUT2D eigenvalue weighted by molar-refractivity contribution is 0.754. The van der Waals surface area contributed by atoms with Crippen LogP contribution in [0.1, 0.15) is 19.8 Å². The molecule has 0 saturated carbocycles. The molecule has 0 aliphatic heterocycles. The van der Waals surface area contributed by atoms with E-state index in [1.54, 1.807) is 0 Å². The Bertz CT molecular complexity index is 45.9. The third-order valence-corrected chi connectivity index (χ3v) is 1.69. The van der Waals surface area contributed by atoms with Crippen LogP contribution in [-0.2, 0) is 0 Å². The van der Waals surface area contributed by atoms with Crippen molar-refractivity contribution in [2.24, 2.45) is 5.73 Å². The van der Waals surface area contributed by atoms with Gasteiger partial charge in [-0.1, -0.05) is 29.3 Å². The Labute approximate surface area is 75.4 Å². The fraction of sp³-hybridized carbons (Fsp3) is 1.00. The summed E-state index contributed by atoms with van der Waals surface area (Å²) in [7, 11) is 0. The second-order valence-electron chi connectivity index (χ2n) is 1.62. The third-order valence-electron chi connectivity index (χ3n) is 0.858. The second-order valence-corrected chi connectivity index (χ2v) is 2.92. The number of alkyl halides is 1. The molecular weight excluding hydrogens is 250 g/mol. The van der Waals surface area contributed by atoms with Gasteiger partial charge in [0, 0.05) is 11.4 Å². The normalized spacial score (nSPS) is 11.0. The summed E-state index contributed by atoms with van der Waals surface area (Å²) >= 11 is 3.41. The molecule has 0 aromatic rings. The smallest absolute Gasteiger partial charge is 0.0268 e. The quantitative estimate of drug-likeness (QED) is 0.767. The van der Waals surface area contributed by atoms with Crippen molar-refractivity contribution >= 4 is 32.9 Å². The number of hydrogen-bond donors (Lipinski definition) is 1. The van der Waals surface area contributed by atoms with Crippen LogP contribution in [0.2, 0.25) is 0 Å². The number of nitrogens with two attached hydrogens (primary N) is 1. The molecule has 0 aliphatic rings. The molecule has 60 valence electrons. The SMILES string of the molecule is Br.CCCC(Br)CN.O. The molecule has 1 unspecified atom stereocenters. The van der Waals surface area contributed by atoms with Gasteiger partial charge in [0.1, 0.15) is 0 Å². The van der Waals surface area contributed by atoms with Crippen LogP contribution in [0.3, 0.4) is 0 Å². The number of rotatable bonds is 3. The monoisotopic (exact) mass is 263 g/mol. The van der Waals surface area contributed by atoms with E-state index in [0.29, 0.717) is 4.83 Å². The fourth-order valence-corrected chi connectivity index (χ4v) is 0.889. The van der Waals surface area contributed by atoms with Crippen LogP contribution in [0.25, 0.3) is 0 Å². The molecule has 0 bridgehead atoms. The fourth-order valence-electron chi connectivity index (χ4n) is 0.431. The van der Waals surface area contributed by atoms with E-state index in [0.717, 1.165) is 6.54 Å². The van der Waals surface area contributed by atoms with E-state index in [-0.39, 0.29) is 22.5 Å². The van der Waals surface area contributed by atoms with Crippen molar-refractivity contribution in [3.8, 4) is 0 Å². The van der Waals surface area contributed by atoms with Crippen molar-refractivity contribution in [2.45, 2.75) is 24.6 Å². The van der Waals surface area contributed by atoms with Crippen molar-refractivity contribution in [1.82, 2.24) is 0 Å². The molecule has 0 radical (unpaired) electrons. The summed E-state index contributed by atoms with van der Waals surface area (Å²) in [6, 6.07) is 0. The van der Waals surface area contributed by atoms with Gasteiger partial charge in [0.15, 0.2) is 0 Å². The lowest BCUT2D eigenvalue weighted by Crippen LogP contribution is -2.12. The first-order valence-electron chi connectivity index (χ1n) is 2.65. The first kappa shape index (κ1) is 16.5. The molecule has 2 nitrogen and oxygen atoms in total. The lowest BCUT2D eigenvalue weighted by Gasteiger charge is -2.00. The highest BCUT2D eigenvalue weighted by Gasteiger charge is 1.95. The predicted molar refractivity (Wildman–Crippen MR) is 50.6 cm³/mol. The van der Waals surface area contributed by atoms with Crippen molar-refractivity contribution in [3.05, 3.63) is 0 Å². The van der Waals surface area contributed by atoms with Crippen LogP contribution in [0.15, 0.2) is 0 Å². The molecule has 0 fully saturated rings. The van der Waals surface area contributed by atoms with E-state index in [4.69, 9.17) is 5.73 Å². The van der Waals surface area contributed by atoms with Crippen molar-refractivity contribution in [1.29, 1.82) is 0 Å². The first-order chi connectivity index (χ1) is 3.31. The van der Waals surface area contributed by atoms with E-state index in [9.17, 15) is 0 Å². The average molecular weight is 265 g/mol. The largest absolute Gasteiger partial charge is 0.412 e. The second kappa shape index (κ2) is 11.6. The van der Waals surface area contributed by atoms with Gasteiger partial charge in [0.2, 0.25) is 0 Å². The minimum atomic E-state index is 0. The molecule has 4 heteroatoms. The summed E-state index contributed by atoms with van der Waals surface area (Å²) in [6.07, 6.45) is 2.41. The average Bonchev–Trinajstić information content (AvgIpc) is 1.68. The van der Waals surface area contributed by atoms with Gasteiger partial charge in [-0.25, -0.2) is 0 Å². The Morgan fingerprint density at radius 1 is 1.56 bits per heavy atom. The maximum absolute atomic E-state index is 5.31. The molecule has 0 spiro atoms. The van der Waals surface area contributed by atoms with Crippen LogP contribution < -0.4 is 5.73 Å². The summed E-state index contributed by atoms with van der Waals surface area (Å²) in [5.74, 6) is 0. The number of halogens is 2. The number of hydrogen-bond acceptors (Lipinski definition) is 1. The summed E-state index contributed by atoms with van der Waals surface area (Å²) in [5.41, 5.74) is 5.31. The van der Waals surface area contributed by atoms with Gasteiger partial charge in [-0.2, -0.15) is 0 Å². The Kier molecular flexibility index (Phi) is 21.3. The van der Waals surface area contributed by atoms with Gasteiger partial charge in [0.05, 0.1) is 0 Å². The van der Waals surface area contributed by atoms with Crippen LogP contribution in [-0.4, -0.2) is 16.8 Å². The van der Waals surface area contributed by atoms with Gasteiger partial charge in [-0.3, -0.25) is 0 Å². The van der Waals surface area contributed by atoms with Crippen LogP contribution in [0.4, 0.5) is 0 Å². The van der Waals surface area contributed by atoms with Crippen LogP contribution >= 0.6 is 32.9 Å². The van der Waals surface area contributed by atoms with Crippen LogP contribution in [0, 0.1) is 0 Å². The zero-order valence-electron chi connectivity index (χ0n) is 5.56. The third kappa shape index (κ3) is 12.2. The topological polar surface area (TPSA) is 57.5 Å². The van der Waals surface area contributed by atoms with Gasteiger partial charge >= 0.3 is 0 Å². The highest BCUT2D eigenvalue weighted by molar-refractivity contribution is 9.09. The van der Waals surface area contributed by atoms with Gasteiger partial charge in [-0.15, -0.1) is 17.0 Å². The molecule has 0 rings (SSSR count). The zero-order valence-corrected chi connectivity index (χ0v) is 8.86. The molecule has 4 N–H and O–H groups in total. The van der Waals surface area contributed by atoms with E-state index in [1.807, 2.05) is 0 Å². The first-order valence-corrected chi connectivity index (χ1v) is 3.57. The Hall–Kier alpha value is 0.880. The minimum absolute atomic E-state index is 0. The summed E-state index contributed by atoms with van der Waals surface area (Å²) in [5, 5.41) is 0. The Morgan fingerprint density at radius 2 is 2.00 bits per heavy atom. The summed E-state index contributed by atoms with van der Waals surface area (Å²) in [6.45, 7) is 2.91. The molecule has 0 aromatic heterocycles. The molecule has 0 amide bonds. The van der Waals surface area contributed by atoms with Gasteiger partial charge in [-0.05, 0) is 6.42 Å². The van der Waals surface area contributed by atoms with E-state index >= 15 is 0 Å². The van der Waals surface area contributed by atoms with Crippen molar-refractivity contribution < 1.29 is 5.48 Å². The molecule has 9 heavy (non-hydrogen) atoms. The molecule has 1 atom stereocenters. The van der Waals surface area contributed by atoms with Crippen LogP contribution in [0.5, 0.6) is 0 Å². The van der Waals surface area contributed by atoms with Crippen molar-refractivity contribution in [2.75, 3.05) is 6.54 Å². The Morgan fingerprint density at radius 3 is 2.11 bits per heavy atom. The zero-order chi connectivity index (χ0) is 5.70. The van der Waals surface area contributed by atoms with Crippen molar-refractivity contribution in [3.63, 3.8) is 0 Å². The molecule has 0 saturated heterocycles. The highest BCUT2D eigenvalue weighted by atomic mass is 79.9. The molecule has 0 aliphatic carbocycles. The Balaban J connectivity index is -0.000000180. The van der Waals surface area contributed by atoms with E-state index in [1.165, 1.54) is 12.8 Å². The van der Waals surface area contributed by atoms with E-state index in [2.05, 4.69) is 22.9 Å². The summed E-state index contributed by atoms with van der Waals surface area (Å²) in [4.78, 5) is 0.539. The summed E-state index contributed by atoms with van der Waals surface area (Å²) < 4.78 is 0. The maximum atomic E-state index is 5.31. The molecule has 0 aromatic carbocycles. The molecular formula is C5H15Br2NO. The maximum Gasteiger partial charge on any atom is 0.0268 e. The van der Waals surface area contributed by atoms with Gasteiger partial charge < -0.3 is 11.2 Å². The van der Waals surface area contributed by atoms with Gasteiger partial charge in [0.25, 0.3) is 0 Å². The molecule has 0 heterocycles. The predicted octanol–water partition coefficient (Wildman–Crippen LogP) is 1.26. The lowest BCUT2D eigenvalue weighted by atomic mass is 10.2. The standard InChI is InChI=1S/C5H12BrN.BrH.H2O/c1-2-3-5(6)4-7;;/h5H,2-4,7H2,1H3;1H;1H2. The van der Waals surface area contributed by atoms with E-state index < -0.39 is 0 Å². The minimum Gasteiger partial charge on any atom is -0.412 e. The highest BCUT2D eigenvalue weighted by Crippen LogP contribution is 2.03.